The van der Waals surface area contributed by atoms with Crippen LogP contribution >= 0.6 is 0 Å². The van der Waals surface area contributed by atoms with Gasteiger partial charge in [0.1, 0.15) is 5.75 Å². The quantitative estimate of drug-likeness (QED) is 0.535. The van der Waals surface area contributed by atoms with Crippen LogP contribution in [0.25, 0.3) is 10.9 Å². The van der Waals surface area contributed by atoms with Crippen molar-refractivity contribution < 1.29 is 4.74 Å². The van der Waals surface area contributed by atoms with E-state index in [1.807, 2.05) is 6.20 Å². The molecule has 4 heteroatoms. The molecule has 0 unspecified atom stereocenters. The molecule has 0 saturated carbocycles. The van der Waals surface area contributed by atoms with Gasteiger partial charge in [0.15, 0.2) is 0 Å². The van der Waals surface area contributed by atoms with Crippen molar-refractivity contribution in [1.29, 1.82) is 0 Å². The molecule has 26 heavy (non-hydrogen) atoms. The van der Waals surface area contributed by atoms with Crippen LogP contribution in [0.15, 0.2) is 24.4 Å². The van der Waals surface area contributed by atoms with Gasteiger partial charge in [0, 0.05) is 24.2 Å². The lowest BCUT2D eigenvalue weighted by molar-refractivity contribution is 0.295. The van der Waals surface area contributed by atoms with E-state index < -0.39 is 0 Å². The summed E-state index contributed by atoms with van der Waals surface area (Å²) in [7, 11) is 1.73. The molecule has 2 aromatic rings. The van der Waals surface area contributed by atoms with Gasteiger partial charge in [0.05, 0.1) is 18.3 Å². The molecule has 0 radical (unpaired) electrons. The standard InChI is InChI=1S/C22H35N3O/c1-5-18-12-14-24-22-20(18)16-19(26-4)17-21(22)23-13-10-8-9-11-15-25(6-2)7-3/h12,14,16-17,23H,5-11,13,15H2,1-4H3. The fourth-order valence-corrected chi connectivity index (χ4v) is 3.42. The normalized spacial score (nSPS) is 11.3. The van der Waals surface area contributed by atoms with Gasteiger partial charge in [-0.2, -0.15) is 0 Å². The Kier molecular flexibility index (Phi) is 8.69. The summed E-state index contributed by atoms with van der Waals surface area (Å²) in [6, 6.07) is 6.26. The van der Waals surface area contributed by atoms with Crippen LogP contribution < -0.4 is 10.1 Å². The van der Waals surface area contributed by atoms with Crippen LogP contribution in [0.3, 0.4) is 0 Å². The molecule has 0 saturated heterocycles. The van der Waals surface area contributed by atoms with E-state index in [1.165, 1.54) is 43.2 Å². The Hall–Kier alpha value is -1.81. The van der Waals surface area contributed by atoms with Gasteiger partial charge >= 0.3 is 0 Å². The van der Waals surface area contributed by atoms with E-state index in [1.54, 1.807) is 7.11 Å². The number of aryl methyl sites for hydroxylation is 1. The highest BCUT2D eigenvalue weighted by Crippen LogP contribution is 2.30. The summed E-state index contributed by atoms with van der Waals surface area (Å²) in [4.78, 5) is 7.11. The van der Waals surface area contributed by atoms with Gasteiger partial charge in [0.25, 0.3) is 0 Å². The third kappa shape index (κ3) is 5.60. The van der Waals surface area contributed by atoms with Gasteiger partial charge in [0.2, 0.25) is 0 Å². The number of nitrogens with one attached hydrogen (secondary N) is 1. The first-order valence-electron chi connectivity index (χ1n) is 10.1. The van der Waals surface area contributed by atoms with Gasteiger partial charge in [-0.15, -0.1) is 0 Å². The van der Waals surface area contributed by atoms with Crippen molar-refractivity contribution >= 4 is 16.6 Å². The maximum absolute atomic E-state index is 5.49. The Morgan fingerprint density at radius 2 is 1.81 bits per heavy atom. The van der Waals surface area contributed by atoms with Crippen LogP contribution in [0.5, 0.6) is 5.75 Å². The predicted octanol–water partition coefficient (Wildman–Crippen LogP) is 5.12. The third-order valence-corrected chi connectivity index (χ3v) is 5.14. The molecule has 1 aromatic heterocycles. The van der Waals surface area contributed by atoms with Gasteiger partial charge in [-0.25, -0.2) is 0 Å². The molecule has 0 fully saturated rings. The van der Waals surface area contributed by atoms with Crippen molar-refractivity contribution in [2.24, 2.45) is 0 Å². The topological polar surface area (TPSA) is 37.4 Å². The second-order valence-corrected chi connectivity index (χ2v) is 6.76. The Morgan fingerprint density at radius 1 is 1.04 bits per heavy atom. The van der Waals surface area contributed by atoms with Crippen LogP contribution in [0, 0.1) is 0 Å². The monoisotopic (exact) mass is 357 g/mol. The number of unbranched alkanes of at least 4 members (excludes halogenated alkanes) is 3. The van der Waals surface area contributed by atoms with E-state index >= 15 is 0 Å². The highest BCUT2D eigenvalue weighted by atomic mass is 16.5. The first-order valence-corrected chi connectivity index (χ1v) is 10.1. The number of fused-ring (bicyclic) bond motifs is 1. The fraction of sp³-hybridized carbons (Fsp3) is 0.591. The lowest BCUT2D eigenvalue weighted by atomic mass is 10.1. The number of anilines is 1. The number of hydrogen-bond acceptors (Lipinski definition) is 4. The molecular formula is C22H35N3O. The molecule has 0 aliphatic rings. The minimum absolute atomic E-state index is 0.891. The summed E-state index contributed by atoms with van der Waals surface area (Å²) in [5.74, 6) is 0.891. The first kappa shape index (κ1) is 20.5. The fourth-order valence-electron chi connectivity index (χ4n) is 3.42. The number of nitrogens with zero attached hydrogens (tertiary/aromatic N) is 2. The van der Waals surface area contributed by atoms with Crippen molar-refractivity contribution in [3.8, 4) is 5.75 Å². The van der Waals surface area contributed by atoms with Crippen LogP contribution in [0.2, 0.25) is 0 Å². The van der Waals surface area contributed by atoms with Crippen molar-refractivity contribution in [1.82, 2.24) is 9.88 Å². The van der Waals surface area contributed by atoms with E-state index in [9.17, 15) is 0 Å². The summed E-state index contributed by atoms with van der Waals surface area (Å²) >= 11 is 0. The zero-order valence-electron chi connectivity index (χ0n) is 17.0. The average Bonchev–Trinajstić information content (AvgIpc) is 2.69. The van der Waals surface area contributed by atoms with Gasteiger partial charge in [-0.1, -0.05) is 33.6 Å². The number of aromatic nitrogens is 1. The highest BCUT2D eigenvalue weighted by Gasteiger charge is 2.08. The minimum atomic E-state index is 0.891. The van der Waals surface area contributed by atoms with Crippen LogP contribution in [0.4, 0.5) is 5.69 Å². The van der Waals surface area contributed by atoms with Gasteiger partial charge in [-0.05, 0) is 56.6 Å². The molecule has 1 N–H and O–H groups in total. The molecule has 1 aromatic carbocycles. The third-order valence-electron chi connectivity index (χ3n) is 5.14. The van der Waals surface area contributed by atoms with Crippen molar-refractivity contribution in [3.63, 3.8) is 0 Å². The summed E-state index contributed by atoms with van der Waals surface area (Å²) < 4.78 is 5.49. The van der Waals surface area contributed by atoms with Crippen molar-refractivity contribution in [2.75, 3.05) is 38.6 Å². The molecule has 1 heterocycles. The highest BCUT2D eigenvalue weighted by molar-refractivity contribution is 5.94. The van der Waals surface area contributed by atoms with Crippen LogP contribution in [-0.4, -0.2) is 43.2 Å². The SMILES string of the molecule is CCc1ccnc2c(NCCCCCCN(CC)CC)cc(OC)cc12. The van der Waals surface area contributed by atoms with Crippen molar-refractivity contribution in [3.05, 3.63) is 30.0 Å². The maximum Gasteiger partial charge on any atom is 0.121 e. The molecule has 0 spiro atoms. The zero-order valence-corrected chi connectivity index (χ0v) is 17.0. The Bertz CT molecular complexity index is 668. The number of benzene rings is 1. The predicted molar refractivity (Wildman–Crippen MR) is 112 cm³/mol. The van der Waals surface area contributed by atoms with E-state index in [2.05, 4.69) is 54.2 Å². The largest absolute Gasteiger partial charge is 0.497 e. The average molecular weight is 358 g/mol. The van der Waals surface area contributed by atoms with E-state index in [4.69, 9.17) is 4.74 Å². The molecule has 4 nitrogen and oxygen atoms in total. The summed E-state index contributed by atoms with van der Waals surface area (Å²) in [5, 5.41) is 4.77. The molecule has 144 valence electrons. The summed E-state index contributed by atoms with van der Waals surface area (Å²) in [6.45, 7) is 11.2. The number of methoxy groups -OCH3 is 1. The van der Waals surface area contributed by atoms with Crippen molar-refractivity contribution in [2.45, 2.75) is 52.9 Å². The number of pyridine rings is 1. The lowest BCUT2D eigenvalue weighted by Gasteiger charge is -2.17. The molecule has 0 bridgehead atoms. The minimum Gasteiger partial charge on any atom is -0.497 e. The maximum atomic E-state index is 5.49. The Balaban J connectivity index is 1.88. The van der Waals surface area contributed by atoms with Gasteiger partial charge in [-0.3, -0.25) is 4.98 Å². The molecule has 0 atom stereocenters. The Morgan fingerprint density at radius 3 is 2.50 bits per heavy atom. The second-order valence-electron chi connectivity index (χ2n) is 6.76. The Labute approximate surface area is 159 Å². The van der Waals surface area contributed by atoms with E-state index in [-0.39, 0.29) is 0 Å². The number of hydrogen-bond donors (Lipinski definition) is 1. The lowest BCUT2D eigenvalue weighted by Crippen LogP contribution is -2.23. The molecule has 0 aliphatic heterocycles. The smallest absolute Gasteiger partial charge is 0.121 e. The molecular weight excluding hydrogens is 322 g/mol. The molecule has 0 amide bonds. The summed E-state index contributed by atoms with van der Waals surface area (Å²) in [6.07, 6.45) is 7.96. The number of rotatable bonds is 12. The van der Waals surface area contributed by atoms with E-state index in [0.717, 1.165) is 43.0 Å². The van der Waals surface area contributed by atoms with Gasteiger partial charge < -0.3 is 15.0 Å². The van der Waals surface area contributed by atoms with E-state index in [0.29, 0.717) is 0 Å². The van der Waals surface area contributed by atoms with Crippen LogP contribution in [-0.2, 0) is 6.42 Å². The second kappa shape index (κ2) is 11.0. The molecule has 0 aliphatic carbocycles. The molecule has 2 rings (SSSR count). The first-order chi connectivity index (χ1) is 12.7. The number of ether oxygens (including phenoxy) is 1. The van der Waals surface area contributed by atoms with Crippen LogP contribution in [0.1, 0.15) is 52.0 Å². The zero-order chi connectivity index (χ0) is 18.8. The summed E-state index contributed by atoms with van der Waals surface area (Å²) in [5.41, 5.74) is 3.44.